The molecule has 0 heterocycles. The van der Waals surface area contributed by atoms with Gasteiger partial charge in [0.25, 0.3) is 0 Å². The molecule has 5 heteroatoms. The number of ether oxygens (including phenoxy) is 3. The summed E-state index contributed by atoms with van der Waals surface area (Å²) in [5.74, 6) is 1.82. The first kappa shape index (κ1) is 20.1. The van der Waals surface area contributed by atoms with Crippen LogP contribution in [0.4, 0.5) is 0 Å². The van der Waals surface area contributed by atoms with Gasteiger partial charge in [-0.15, -0.1) is 0 Å². The lowest BCUT2D eigenvalue weighted by molar-refractivity contribution is -0.141. The van der Waals surface area contributed by atoms with Gasteiger partial charge in [0.1, 0.15) is 17.2 Å². The monoisotopic (exact) mass is 384 g/mol. The summed E-state index contributed by atoms with van der Waals surface area (Å²) < 4.78 is 17.3. The highest BCUT2D eigenvalue weighted by Gasteiger charge is 2.31. The third-order valence-corrected chi connectivity index (χ3v) is 4.98. The van der Waals surface area contributed by atoms with Crippen molar-refractivity contribution in [3.8, 4) is 17.2 Å². The molecule has 0 aromatic heterocycles. The third kappa shape index (κ3) is 5.65. The van der Waals surface area contributed by atoms with Gasteiger partial charge in [0, 0.05) is 0 Å². The highest BCUT2D eigenvalue weighted by atomic mass is 16.5. The van der Waals surface area contributed by atoms with Gasteiger partial charge >= 0.3 is 5.97 Å². The van der Waals surface area contributed by atoms with E-state index >= 15 is 0 Å². The van der Waals surface area contributed by atoms with E-state index in [0.717, 1.165) is 35.7 Å². The highest BCUT2D eigenvalue weighted by molar-refractivity contribution is 5.69. The van der Waals surface area contributed by atoms with Crippen molar-refractivity contribution in [2.24, 2.45) is 11.8 Å². The molecule has 2 aromatic carbocycles. The van der Waals surface area contributed by atoms with E-state index in [2.05, 4.69) is 0 Å². The number of hydrogen-bond acceptors (Lipinski definition) is 4. The van der Waals surface area contributed by atoms with Gasteiger partial charge in [0.15, 0.2) is 0 Å². The average molecular weight is 384 g/mol. The molecule has 1 N–H and O–H groups in total. The zero-order valence-corrected chi connectivity index (χ0v) is 16.5. The molecule has 0 amide bonds. The van der Waals surface area contributed by atoms with Gasteiger partial charge in [-0.3, -0.25) is 4.79 Å². The van der Waals surface area contributed by atoms with Crippen LogP contribution in [0.15, 0.2) is 48.5 Å². The van der Waals surface area contributed by atoms with Gasteiger partial charge in [-0.05, 0) is 74.1 Å². The van der Waals surface area contributed by atoms with E-state index < -0.39 is 11.9 Å². The van der Waals surface area contributed by atoms with Gasteiger partial charge in [-0.25, -0.2) is 0 Å². The number of rotatable bonds is 10. The molecule has 0 saturated heterocycles. The van der Waals surface area contributed by atoms with E-state index in [4.69, 9.17) is 19.3 Å². The molecule has 2 aromatic rings. The Labute approximate surface area is 166 Å². The average Bonchev–Trinajstić information content (AvgIpc) is 2.65. The maximum absolute atomic E-state index is 11.0. The topological polar surface area (TPSA) is 65.0 Å². The summed E-state index contributed by atoms with van der Waals surface area (Å²) in [6, 6.07) is 15.4. The Bertz CT molecular complexity index is 765. The number of carboxylic acids is 1. The molecule has 5 nitrogen and oxygen atoms in total. The Kier molecular flexibility index (Phi) is 6.80. The molecule has 0 spiro atoms. The number of benzene rings is 2. The Morgan fingerprint density at radius 1 is 1.07 bits per heavy atom. The zero-order valence-electron chi connectivity index (χ0n) is 16.5. The summed E-state index contributed by atoms with van der Waals surface area (Å²) in [7, 11) is 0. The molecule has 3 rings (SSSR count). The predicted molar refractivity (Wildman–Crippen MR) is 107 cm³/mol. The van der Waals surface area contributed by atoms with E-state index in [-0.39, 0.29) is 6.10 Å². The summed E-state index contributed by atoms with van der Waals surface area (Å²) in [6.07, 6.45) is 2.69. The van der Waals surface area contributed by atoms with Crippen molar-refractivity contribution in [1.29, 1.82) is 0 Å². The maximum Gasteiger partial charge on any atom is 0.306 e. The zero-order chi connectivity index (χ0) is 19.9. The van der Waals surface area contributed by atoms with Gasteiger partial charge in [-0.1, -0.05) is 19.1 Å². The normalized spacial score (nSPS) is 19.4. The van der Waals surface area contributed by atoms with E-state index in [9.17, 15) is 4.79 Å². The van der Waals surface area contributed by atoms with Crippen LogP contribution in [0.25, 0.3) is 0 Å². The molecule has 150 valence electrons. The number of carboxylic acid groups (broad SMARTS) is 1. The van der Waals surface area contributed by atoms with E-state index in [1.165, 1.54) is 0 Å². The molecule has 28 heavy (non-hydrogen) atoms. The maximum atomic E-state index is 11.0. The summed E-state index contributed by atoms with van der Waals surface area (Å²) in [5, 5.41) is 9.05. The highest BCUT2D eigenvalue weighted by Crippen LogP contribution is 2.32. The Morgan fingerprint density at radius 2 is 1.79 bits per heavy atom. The predicted octanol–water partition coefficient (Wildman–Crippen LogP) is 4.58. The van der Waals surface area contributed by atoms with Crippen LogP contribution < -0.4 is 14.2 Å². The molecule has 1 aliphatic carbocycles. The molecule has 0 radical (unpaired) electrons. The van der Waals surface area contributed by atoms with Gasteiger partial charge in [-0.2, -0.15) is 0 Å². The summed E-state index contributed by atoms with van der Waals surface area (Å²) >= 11 is 0. The van der Waals surface area contributed by atoms with E-state index in [1.807, 2.05) is 55.5 Å². The van der Waals surface area contributed by atoms with E-state index in [1.54, 1.807) is 6.92 Å². The van der Waals surface area contributed by atoms with Crippen LogP contribution in [0.5, 0.6) is 17.2 Å². The summed E-state index contributed by atoms with van der Waals surface area (Å²) in [5.41, 5.74) is 0.984. The number of aliphatic carboxylic acids is 1. The van der Waals surface area contributed by atoms with Crippen LogP contribution in [0.2, 0.25) is 0 Å². The van der Waals surface area contributed by atoms with Crippen LogP contribution in [0, 0.1) is 11.8 Å². The first-order valence-corrected chi connectivity index (χ1v) is 9.87. The van der Waals surface area contributed by atoms with Crippen LogP contribution >= 0.6 is 0 Å². The van der Waals surface area contributed by atoms with Crippen molar-refractivity contribution in [2.45, 2.75) is 39.2 Å². The summed E-state index contributed by atoms with van der Waals surface area (Å²) in [6.45, 7) is 5.00. The second kappa shape index (κ2) is 9.49. The lowest BCUT2D eigenvalue weighted by Crippen LogP contribution is -2.37. The fraction of sp³-hybridized carbons (Fsp3) is 0.435. The molecule has 1 aliphatic rings. The fourth-order valence-electron chi connectivity index (χ4n) is 3.30. The molecule has 1 unspecified atom stereocenters. The van der Waals surface area contributed by atoms with Crippen molar-refractivity contribution in [2.75, 3.05) is 13.2 Å². The molecule has 0 bridgehead atoms. The second-order valence-electron chi connectivity index (χ2n) is 7.38. The van der Waals surface area contributed by atoms with E-state index in [0.29, 0.717) is 25.6 Å². The van der Waals surface area contributed by atoms with Crippen LogP contribution in [0.1, 0.15) is 32.3 Å². The smallest absolute Gasteiger partial charge is 0.306 e. The second-order valence-corrected chi connectivity index (χ2v) is 7.38. The van der Waals surface area contributed by atoms with Crippen molar-refractivity contribution in [3.63, 3.8) is 0 Å². The largest absolute Gasteiger partial charge is 0.494 e. The Hall–Kier alpha value is -2.69. The lowest BCUT2D eigenvalue weighted by Gasteiger charge is -2.35. The van der Waals surface area contributed by atoms with Crippen LogP contribution in [-0.2, 0) is 11.2 Å². The van der Waals surface area contributed by atoms with Crippen LogP contribution in [-0.4, -0.2) is 30.4 Å². The van der Waals surface area contributed by atoms with Crippen LogP contribution in [0.3, 0.4) is 0 Å². The van der Waals surface area contributed by atoms with Crippen molar-refractivity contribution < 1.29 is 24.1 Å². The van der Waals surface area contributed by atoms with Gasteiger partial charge < -0.3 is 19.3 Å². The number of hydrogen-bond donors (Lipinski definition) is 1. The molecular weight excluding hydrogens is 356 g/mol. The standard InChI is InChI=1S/C23H28O5/c1-3-26-19-7-9-20(10-8-19)28-22-13-18(14-22)15-27-21-6-4-5-17(12-21)11-16(2)23(24)25/h4-10,12,16,18,22H,3,11,13-15H2,1-2H3,(H,24,25). The first-order chi connectivity index (χ1) is 13.5. The minimum absolute atomic E-state index is 0.231. The van der Waals surface area contributed by atoms with Gasteiger partial charge in [0.05, 0.1) is 25.2 Å². The minimum Gasteiger partial charge on any atom is -0.494 e. The Balaban J connectivity index is 1.40. The minimum atomic E-state index is -0.778. The third-order valence-electron chi connectivity index (χ3n) is 4.98. The Morgan fingerprint density at radius 3 is 2.46 bits per heavy atom. The molecule has 1 atom stereocenters. The molecule has 1 fully saturated rings. The SMILES string of the molecule is CCOc1ccc(OC2CC(COc3cccc(CC(C)C(=O)O)c3)C2)cc1. The van der Waals surface area contributed by atoms with Crippen molar-refractivity contribution >= 4 is 5.97 Å². The van der Waals surface area contributed by atoms with Gasteiger partial charge in [0.2, 0.25) is 0 Å². The summed E-state index contributed by atoms with van der Waals surface area (Å²) in [4.78, 5) is 11.0. The molecule has 1 saturated carbocycles. The number of carbonyl (C=O) groups is 1. The van der Waals surface area contributed by atoms with Crippen molar-refractivity contribution in [1.82, 2.24) is 0 Å². The van der Waals surface area contributed by atoms with Crippen molar-refractivity contribution in [3.05, 3.63) is 54.1 Å². The quantitative estimate of drug-likeness (QED) is 0.649. The lowest BCUT2D eigenvalue weighted by atomic mass is 9.83. The molecular formula is C23H28O5. The fourth-order valence-corrected chi connectivity index (χ4v) is 3.30. The molecule has 0 aliphatic heterocycles. The first-order valence-electron chi connectivity index (χ1n) is 9.87.